The van der Waals surface area contributed by atoms with Crippen molar-refractivity contribution in [3.05, 3.63) is 71.8 Å². The zero-order valence-corrected chi connectivity index (χ0v) is 27.6. The Morgan fingerprint density at radius 3 is 1.16 bits per heavy atom. The van der Waals surface area contributed by atoms with Crippen LogP contribution in [0.15, 0.2) is 60.7 Å². The highest BCUT2D eigenvalue weighted by Gasteiger charge is 2.33. The molecular formula is C24H41N3O14P4. The Labute approximate surface area is 260 Å². The second-order valence-electron chi connectivity index (χ2n) is 10.3. The van der Waals surface area contributed by atoms with Gasteiger partial charge in [0.2, 0.25) is 0 Å². The summed E-state index contributed by atoms with van der Waals surface area (Å²) in [4.78, 5) is 76.6. The highest BCUT2D eigenvalue weighted by Crippen LogP contribution is 2.39. The summed E-state index contributed by atoms with van der Waals surface area (Å²) < 4.78 is 58.8. The van der Waals surface area contributed by atoms with Gasteiger partial charge in [-0.2, -0.15) is 0 Å². The van der Waals surface area contributed by atoms with Gasteiger partial charge < -0.3 is 53.9 Å². The molecule has 11 N–H and O–H groups in total. The minimum atomic E-state index is -4.71. The molecule has 0 fully saturated rings. The molecule has 0 saturated heterocycles. The van der Waals surface area contributed by atoms with Gasteiger partial charge in [0, 0.05) is 25.2 Å². The number of ether oxygens (including phenoxy) is 2. The molecule has 17 nitrogen and oxygen atoms in total. The van der Waals surface area contributed by atoms with Crippen molar-refractivity contribution in [2.45, 2.75) is 37.5 Å². The van der Waals surface area contributed by atoms with Crippen molar-refractivity contribution in [2.24, 2.45) is 0 Å². The van der Waals surface area contributed by atoms with Crippen molar-refractivity contribution in [3.63, 3.8) is 0 Å². The molecule has 0 saturated carbocycles. The van der Waals surface area contributed by atoms with Gasteiger partial charge in [-0.1, -0.05) is 60.7 Å². The lowest BCUT2D eigenvalue weighted by atomic mass is 10.1. The third-order valence-corrected chi connectivity index (χ3v) is 9.05. The molecule has 0 aliphatic rings. The molecule has 4 atom stereocenters. The summed E-state index contributed by atoms with van der Waals surface area (Å²) in [5.74, 6) is 0. The van der Waals surface area contributed by atoms with Gasteiger partial charge in [-0.25, -0.2) is 0 Å². The molecule has 21 heteroatoms. The second-order valence-corrected chi connectivity index (χ2v) is 17.0. The van der Waals surface area contributed by atoms with Crippen molar-refractivity contribution < 1.29 is 66.9 Å². The molecule has 0 aliphatic carbocycles. The first kappa shape index (κ1) is 40.0. The molecule has 0 amide bonds. The quantitative estimate of drug-likeness (QED) is 0.0729. The van der Waals surface area contributed by atoms with E-state index in [1.54, 1.807) is 60.7 Å². The number of nitrogens with one attached hydrogen (secondary N) is 3. The average Bonchev–Trinajstić information content (AvgIpc) is 2.91. The van der Waals surface area contributed by atoms with Crippen LogP contribution in [0.25, 0.3) is 0 Å². The Balaban J connectivity index is 2.29. The fourth-order valence-electron chi connectivity index (χ4n) is 4.15. The van der Waals surface area contributed by atoms with E-state index in [1.807, 2.05) is 0 Å². The highest BCUT2D eigenvalue weighted by atomic mass is 31.2. The number of hydrogen-bond donors (Lipinski definition) is 11. The molecule has 45 heavy (non-hydrogen) atoms. The lowest BCUT2D eigenvalue weighted by Gasteiger charge is -2.32. The van der Waals surface area contributed by atoms with Crippen LogP contribution in [-0.2, 0) is 40.9 Å². The monoisotopic (exact) mass is 719 g/mol. The van der Waals surface area contributed by atoms with Crippen LogP contribution in [0.2, 0.25) is 0 Å². The van der Waals surface area contributed by atoms with Gasteiger partial charge in [0.05, 0.1) is 50.3 Å². The molecule has 4 unspecified atom stereocenters. The minimum absolute atomic E-state index is 0.0935. The lowest BCUT2D eigenvalue weighted by Crippen LogP contribution is -2.54. The summed E-state index contributed by atoms with van der Waals surface area (Å²) in [6.07, 6.45) is -5.94. The molecule has 0 heterocycles. The fraction of sp³-hybridized carbons (Fsp3) is 0.500. The Bertz CT molecular complexity index is 1230. The van der Waals surface area contributed by atoms with E-state index in [1.165, 1.54) is 0 Å². The van der Waals surface area contributed by atoms with Gasteiger partial charge >= 0.3 is 30.4 Å². The molecule has 0 aliphatic heterocycles. The first-order valence-corrected chi connectivity index (χ1v) is 20.7. The summed E-state index contributed by atoms with van der Waals surface area (Å²) in [5.41, 5.74) is 1.32. The van der Waals surface area contributed by atoms with Crippen LogP contribution in [0.3, 0.4) is 0 Å². The largest absolute Gasteiger partial charge is 0.371 e. The Kier molecular flexibility index (Phi) is 16.4. The molecular weight excluding hydrogens is 678 g/mol. The first-order valence-electron chi connectivity index (χ1n) is 13.5. The SMILES string of the molecule is O=P(O)(O)CNC(CNCC(NCP(=O)(O)O)C(CP(=O)(O)O)OCc1ccccc1)C(CP(=O)(O)O)OCc1ccccc1. The van der Waals surface area contributed by atoms with Crippen LogP contribution in [0, 0.1) is 0 Å². The smallest absolute Gasteiger partial charge is 0.339 e. The molecule has 0 radical (unpaired) electrons. The molecule has 0 bridgehead atoms. The standard InChI is InChI=1S/C24H41N3O14P4/c28-42(29,30)15-23(40-13-19-7-3-1-4-8-19)21(26-17-44(34,35)36)11-25-12-22(27-18-45(37,38)39)24(16-43(31,32)33)41-14-20-9-5-2-6-10-20/h1-10,21-27H,11-18H2,(H2,28,29,30)(H2,31,32,33)(H2,34,35,36)(H2,37,38,39). The maximum absolute atomic E-state index is 12.0. The lowest BCUT2D eigenvalue weighted by molar-refractivity contribution is 0.0214. The maximum atomic E-state index is 12.0. The maximum Gasteiger partial charge on any atom is 0.339 e. The average molecular weight is 719 g/mol. The van der Waals surface area contributed by atoms with E-state index in [-0.39, 0.29) is 26.3 Å². The zero-order valence-electron chi connectivity index (χ0n) is 24.1. The predicted octanol–water partition coefficient (Wildman–Crippen LogP) is 0.289. The number of benzene rings is 2. The third-order valence-electron chi connectivity index (χ3n) is 6.19. The normalized spacial score (nSPS) is 15.8. The van der Waals surface area contributed by atoms with E-state index in [4.69, 9.17) is 9.47 Å². The van der Waals surface area contributed by atoms with Crippen molar-refractivity contribution in [3.8, 4) is 0 Å². The second kappa shape index (κ2) is 18.4. The van der Waals surface area contributed by atoms with Crippen molar-refractivity contribution in [1.82, 2.24) is 16.0 Å². The topological polar surface area (TPSA) is 285 Å². The van der Waals surface area contributed by atoms with Crippen LogP contribution in [0.1, 0.15) is 11.1 Å². The van der Waals surface area contributed by atoms with Gasteiger partial charge in [-0.15, -0.1) is 0 Å². The van der Waals surface area contributed by atoms with E-state index in [2.05, 4.69) is 16.0 Å². The van der Waals surface area contributed by atoms with E-state index >= 15 is 0 Å². The molecule has 2 aromatic carbocycles. The summed E-state index contributed by atoms with van der Waals surface area (Å²) in [5, 5.41) is 8.03. The van der Waals surface area contributed by atoms with Crippen molar-refractivity contribution >= 4 is 30.4 Å². The minimum Gasteiger partial charge on any atom is -0.371 e. The predicted molar refractivity (Wildman–Crippen MR) is 164 cm³/mol. The van der Waals surface area contributed by atoms with Gasteiger partial charge in [0.1, 0.15) is 0 Å². The van der Waals surface area contributed by atoms with Crippen LogP contribution in [-0.4, -0.2) is 101 Å². The van der Waals surface area contributed by atoms with Crippen LogP contribution in [0.5, 0.6) is 0 Å². The number of hydrogen-bond acceptors (Lipinski definition) is 9. The van der Waals surface area contributed by atoms with Crippen LogP contribution < -0.4 is 16.0 Å². The Morgan fingerprint density at radius 2 is 0.867 bits per heavy atom. The van der Waals surface area contributed by atoms with E-state index in [9.17, 15) is 57.4 Å². The summed E-state index contributed by atoms with van der Waals surface area (Å²) in [6, 6.07) is 15.0. The molecule has 2 rings (SSSR count). The van der Waals surface area contributed by atoms with Crippen molar-refractivity contribution in [1.29, 1.82) is 0 Å². The van der Waals surface area contributed by atoms with Gasteiger partial charge in [0.15, 0.2) is 0 Å². The van der Waals surface area contributed by atoms with Gasteiger partial charge in [0.25, 0.3) is 0 Å². The Hall–Kier alpha value is -1.16. The van der Waals surface area contributed by atoms with Crippen LogP contribution in [0.4, 0.5) is 0 Å². The fourth-order valence-corrected chi connectivity index (χ4v) is 6.75. The zero-order chi connectivity index (χ0) is 33.7. The molecule has 2 aromatic rings. The van der Waals surface area contributed by atoms with E-state index in [0.29, 0.717) is 11.1 Å². The number of rotatable bonds is 22. The molecule has 256 valence electrons. The Morgan fingerprint density at radius 1 is 0.533 bits per heavy atom. The summed E-state index contributed by atoms with van der Waals surface area (Å²) in [7, 11) is -18.7. The van der Waals surface area contributed by atoms with Gasteiger partial charge in [-0.05, 0) is 11.1 Å². The molecule has 0 spiro atoms. The van der Waals surface area contributed by atoms with Gasteiger partial charge in [-0.3, -0.25) is 28.9 Å². The summed E-state index contributed by atoms with van der Waals surface area (Å²) in [6.45, 7) is -0.697. The third kappa shape index (κ3) is 19.3. The molecule has 0 aromatic heterocycles. The van der Waals surface area contributed by atoms with Crippen molar-refractivity contribution in [2.75, 3.05) is 38.0 Å². The highest BCUT2D eigenvalue weighted by molar-refractivity contribution is 7.52. The summed E-state index contributed by atoms with van der Waals surface area (Å²) >= 11 is 0. The first-order chi connectivity index (χ1) is 20.8. The van der Waals surface area contributed by atoms with E-state index in [0.717, 1.165) is 0 Å². The van der Waals surface area contributed by atoms with Crippen LogP contribution >= 0.6 is 30.4 Å². The van der Waals surface area contributed by atoms with E-state index < -0.39 is 79.6 Å².